The Bertz CT molecular complexity index is 856. The fraction of sp³-hybridized carbons (Fsp3) is 0.364. The summed E-state index contributed by atoms with van der Waals surface area (Å²) in [5.74, 6) is -0.0641. The summed E-state index contributed by atoms with van der Waals surface area (Å²) in [5.41, 5.74) is 1.98. The molecule has 2 aromatic carbocycles. The average Bonchev–Trinajstić information content (AvgIpc) is 2.67. The highest BCUT2D eigenvalue weighted by Crippen LogP contribution is 2.25. The molecule has 1 N–H and O–H groups in total. The topological polar surface area (TPSA) is 49.4 Å². The van der Waals surface area contributed by atoms with Crippen molar-refractivity contribution in [3.63, 3.8) is 0 Å². The summed E-state index contributed by atoms with van der Waals surface area (Å²) < 4.78 is 0. The van der Waals surface area contributed by atoms with Crippen LogP contribution in [0.2, 0.25) is 10.0 Å². The Morgan fingerprint density at radius 2 is 1.69 bits per heavy atom. The molecule has 0 saturated carbocycles. The molecule has 0 unspecified atom stereocenters. The number of rotatable bonds is 8. The highest BCUT2D eigenvalue weighted by atomic mass is 35.5. The van der Waals surface area contributed by atoms with Crippen LogP contribution in [0.15, 0.2) is 47.4 Å². The number of carbonyl (C=O) groups excluding carboxylic acids is 2. The molecule has 156 valence electrons. The Morgan fingerprint density at radius 1 is 1.03 bits per heavy atom. The number of hydrogen-bond acceptors (Lipinski definition) is 3. The van der Waals surface area contributed by atoms with Gasteiger partial charge in [-0.05, 0) is 57.5 Å². The van der Waals surface area contributed by atoms with Crippen molar-refractivity contribution >= 4 is 46.8 Å². The van der Waals surface area contributed by atoms with Crippen LogP contribution in [0.4, 0.5) is 0 Å². The summed E-state index contributed by atoms with van der Waals surface area (Å²) in [5, 5.41) is 3.75. The number of thioether (sulfide) groups is 1. The van der Waals surface area contributed by atoms with Crippen LogP contribution in [-0.4, -0.2) is 34.6 Å². The summed E-state index contributed by atoms with van der Waals surface area (Å²) in [4.78, 5) is 28.2. The number of nitrogens with one attached hydrogen (secondary N) is 1. The average molecular weight is 453 g/mol. The first-order valence-corrected chi connectivity index (χ1v) is 11.1. The third-order valence-corrected chi connectivity index (χ3v) is 6.05. The molecule has 1 atom stereocenters. The van der Waals surface area contributed by atoms with Gasteiger partial charge in [-0.25, -0.2) is 0 Å². The number of nitrogens with zero attached hydrogens (tertiary/aromatic N) is 1. The van der Waals surface area contributed by atoms with E-state index in [0.29, 0.717) is 10.0 Å². The zero-order valence-electron chi connectivity index (χ0n) is 17.0. The van der Waals surface area contributed by atoms with Crippen molar-refractivity contribution in [2.75, 3.05) is 5.75 Å². The second-order valence-corrected chi connectivity index (χ2v) is 9.07. The smallest absolute Gasteiger partial charge is 0.242 e. The quantitative estimate of drug-likeness (QED) is 0.550. The first kappa shape index (κ1) is 23.6. The summed E-state index contributed by atoms with van der Waals surface area (Å²) in [7, 11) is 0. The highest BCUT2D eigenvalue weighted by Gasteiger charge is 2.26. The minimum atomic E-state index is -0.613. The first-order chi connectivity index (χ1) is 13.7. The number of carbonyl (C=O) groups is 2. The van der Waals surface area contributed by atoms with Crippen molar-refractivity contribution in [1.82, 2.24) is 10.2 Å². The van der Waals surface area contributed by atoms with Gasteiger partial charge in [-0.1, -0.05) is 47.0 Å². The lowest BCUT2D eigenvalue weighted by Gasteiger charge is -2.29. The lowest BCUT2D eigenvalue weighted by Crippen LogP contribution is -2.49. The van der Waals surface area contributed by atoms with E-state index in [1.54, 1.807) is 24.0 Å². The van der Waals surface area contributed by atoms with E-state index in [4.69, 9.17) is 23.2 Å². The molecule has 7 heteroatoms. The Hall–Kier alpha value is -1.69. The molecule has 0 aliphatic heterocycles. The van der Waals surface area contributed by atoms with Gasteiger partial charge in [0.15, 0.2) is 0 Å². The molecular weight excluding hydrogens is 427 g/mol. The van der Waals surface area contributed by atoms with Gasteiger partial charge in [0.25, 0.3) is 0 Å². The molecule has 0 aromatic heterocycles. The highest BCUT2D eigenvalue weighted by molar-refractivity contribution is 8.00. The molecule has 2 aromatic rings. The van der Waals surface area contributed by atoms with Gasteiger partial charge in [0.1, 0.15) is 6.04 Å². The third kappa shape index (κ3) is 7.25. The van der Waals surface area contributed by atoms with Gasteiger partial charge in [-0.15, -0.1) is 11.8 Å². The number of amides is 2. The van der Waals surface area contributed by atoms with E-state index < -0.39 is 6.04 Å². The molecule has 0 aliphatic rings. The molecule has 0 radical (unpaired) electrons. The van der Waals surface area contributed by atoms with E-state index in [9.17, 15) is 9.59 Å². The van der Waals surface area contributed by atoms with Crippen LogP contribution in [0.1, 0.15) is 31.9 Å². The molecule has 0 spiro atoms. The number of hydrogen-bond donors (Lipinski definition) is 1. The SMILES string of the molecule is Cc1ccc(SCC(=O)N(Cc2ccc(Cl)c(Cl)c2)[C@H](C)C(=O)NC(C)C)cc1. The maximum absolute atomic E-state index is 13.0. The minimum absolute atomic E-state index is 0.00573. The second-order valence-electron chi connectivity index (χ2n) is 7.21. The molecular formula is C22H26Cl2N2O2S. The van der Waals surface area contributed by atoms with Crippen LogP contribution in [-0.2, 0) is 16.1 Å². The second kappa shape index (κ2) is 10.9. The van der Waals surface area contributed by atoms with Crippen molar-refractivity contribution in [3.05, 3.63) is 63.6 Å². The number of benzene rings is 2. The minimum Gasteiger partial charge on any atom is -0.352 e. The largest absolute Gasteiger partial charge is 0.352 e. The van der Waals surface area contributed by atoms with Crippen LogP contribution in [0, 0.1) is 6.92 Å². The van der Waals surface area contributed by atoms with E-state index in [1.165, 1.54) is 17.3 Å². The number of halogens is 2. The van der Waals surface area contributed by atoms with Crippen LogP contribution in [0.5, 0.6) is 0 Å². The van der Waals surface area contributed by atoms with Crippen molar-refractivity contribution in [1.29, 1.82) is 0 Å². The van der Waals surface area contributed by atoms with Gasteiger partial charge in [-0.2, -0.15) is 0 Å². The Labute approximate surface area is 187 Å². The Kier molecular flexibility index (Phi) is 8.87. The lowest BCUT2D eigenvalue weighted by molar-refractivity contribution is -0.138. The maximum Gasteiger partial charge on any atom is 0.242 e. The molecule has 0 aliphatic carbocycles. The van der Waals surface area contributed by atoms with Gasteiger partial charge in [-0.3, -0.25) is 9.59 Å². The molecule has 0 bridgehead atoms. The van der Waals surface area contributed by atoms with Gasteiger partial charge in [0.2, 0.25) is 11.8 Å². The van der Waals surface area contributed by atoms with E-state index in [-0.39, 0.29) is 30.2 Å². The van der Waals surface area contributed by atoms with Gasteiger partial charge in [0.05, 0.1) is 15.8 Å². The monoisotopic (exact) mass is 452 g/mol. The molecule has 0 saturated heterocycles. The molecule has 29 heavy (non-hydrogen) atoms. The van der Waals surface area contributed by atoms with E-state index in [2.05, 4.69) is 5.32 Å². The summed E-state index contributed by atoms with van der Waals surface area (Å²) in [6, 6.07) is 12.6. The number of aryl methyl sites for hydroxylation is 1. The predicted octanol–water partition coefficient (Wildman–Crippen LogP) is 5.34. The maximum atomic E-state index is 13.0. The molecule has 4 nitrogen and oxygen atoms in total. The zero-order chi connectivity index (χ0) is 21.6. The Balaban J connectivity index is 2.17. The third-order valence-electron chi connectivity index (χ3n) is 4.32. The normalized spacial score (nSPS) is 12.0. The fourth-order valence-electron chi connectivity index (χ4n) is 2.68. The fourth-order valence-corrected chi connectivity index (χ4v) is 3.79. The van der Waals surface area contributed by atoms with Crippen LogP contribution in [0.3, 0.4) is 0 Å². The molecule has 2 rings (SSSR count). The Morgan fingerprint density at radius 3 is 2.28 bits per heavy atom. The van der Waals surface area contributed by atoms with Gasteiger partial charge in [0, 0.05) is 17.5 Å². The zero-order valence-corrected chi connectivity index (χ0v) is 19.4. The van der Waals surface area contributed by atoms with E-state index in [1.807, 2.05) is 51.1 Å². The summed E-state index contributed by atoms with van der Waals surface area (Å²) in [6.45, 7) is 7.82. The van der Waals surface area contributed by atoms with E-state index >= 15 is 0 Å². The van der Waals surface area contributed by atoms with Gasteiger partial charge < -0.3 is 10.2 Å². The van der Waals surface area contributed by atoms with Crippen LogP contribution >= 0.6 is 35.0 Å². The van der Waals surface area contributed by atoms with Crippen molar-refractivity contribution < 1.29 is 9.59 Å². The van der Waals surface area contributed by atoms with Crippen LogP contribution < -0.4 is 5.32 Å². The molecule has 2 amide bonds. The summed E-state index contributed by atoms with van der Waals surface area (Å²) in [6.07, 6.45) is 0. The molecule has 0 heterocycles. The standard InChI is InChI=1S/C22H26Cl2N2O2S/c1-14(2)25-22(28)16(4)26(12-17-7-10-19(23)20(24)11-17)21(27)13-29-18-8-5-15(3)6-9-18/h5-11,14,16H,12-13H2,1-4H3,(H,25,28)/t16-/m1/s1. The van der Waals surface area contributed by atoms with E-state index in [0.717, 1.165) is 10.5 Å². The van der Waals surface area contributed by atoms with Crippen LogP contribution in [0.25, 0.3) is 0 Å². The van der Waals surface area contributed by atoms with Crippen molar-refractivity contribution in [3.8, 4) is 0 Å². The lowest BCUT2D eigenvalue weighted by atomic mass is 10.1. The first-order valence-electron chi connectivity index (χ1n) is 9.40. The summed E-state index contributed by atoms with van der Waals surface area (Å²) >= 11 is 13.6. The van der Waals surface area contributed by atoms with Gasteiger partial charge >= 0.3 is 0 Å². The van der Waals surface area contributed by atoms with Crippen molar-refractivity contribution in [2.24, 2.45) is 0 Å². The predicted molar refractivity (Wildman–Crippen MR) is 122 cm³/mol. The molecule has 0 fully saturated rings. The van der Waals surface area contributed by atoms with Crippen molar-refractivity contribution in [2.45, 2.75) is 51.2 Å².